The van der Waals surface area contributed by atoms with E-state index in [2.05, 4.69) is 32.6 Å². The lowest BCUT2D eigenvalue weighted by atomic mass is 9.80. The van der Waals surface area contributed by atoms with Gasteiger partial charge >= 0.3 is 7.12 Å². The van der Waals surface area contributed by atoms with Crippen molar-refractivity contribution in [3.05, 3.63) is 30.3 Å². The monoisotopic (exact) mass is 235 g/mol. The first-order valence-electron chi connectivity index (χ1n) is 6.12. The van der Waals surface area contributed by atoms with Crippen molar-refractivity contribution in [2.24, 2.45) is 0 Å². The highest BCUT2D eigenvalue weighted by atomic mass is 16.5. The van der Waals surface area contributed by atoms with Crippen molar-refractivity contribution in [1.29, 1.82) is 0 Å². The highest BCUT2D eigenvalue weighted by molar-refractivity contribution is 6.59. The molecule has 1 N–H and O–H groups in total. The summed E-state index contributed by atoms with van der Waals surface area (Å²) in [6.45, 7) is 8.93. The van der Waals surface area contributed by atoms with Crippen molar-refractivity contribution < 1.29 is 9.68 Å². The second-order valence-corrected chi connectivity index (χ2v) is 4.76. The Labute approximate surface area is 105 Å². The van der Waals surface area contributed by atoms with Gasteiger partial charge in [-0.25, -0.2) is 0 Å². The molecule has 0 bridgehead atoms. The van der Waals surface area contributed by atoms with E-state index in [4.69, 9.17) is 4.65 Å². The van der Waals surface area contributed by atoms with Crippen LogP contribution in [0.1, 0.15) is 27.7 Å². The minimum atomic E-state index is -0.851. The zero-order valence-corrected chi connectivity index (χ0v) is 11.1. The minimum Gasteiger partial charge on any atom is -0.423 e. The number of rotatable bonds is 6. The average molecular weight is 235 g/mol. The molecule has 0 aromatic heterocycles. The van der Waals surface area contributed by atoms with E-state index in [1.807, 2.05) is 30.3 Å². The van der Waals surface area contributed by atoms with Crippen molar-refractivity contribution in [2.75, 3.05) is 6.73 Å². The lowest BCUT2D eigenvalue weighted by Gasteiger charge is -2.30. The number of nitrogens with zero attached hydrogens (tertiary/aromatic N) is 1. The average Bonchev–Trinajstić information content (AvgIpc) is 2.29. The van der Waals surface area contributed by atoms with E-state index in [1.165, 1.54) is 0 Å². The lowest BCUT2D eigenvalue weighted by Crippen LogP contribution is -2.43. The summed E-state index contributed by atoms with van der Waals surface area (Å²) in [7, 11) is -0.851. The van der Waals surface area contributed by atoms with Crippen LogP contribution in [-0.2, 0) is 4.65 Å². The Kier molecular flexibility index (Phi) is 5.68. The van der Waals surface area contributed by atoms with Crippen LogP contribution in [0.15, 0.2) is 30.3 Å². The normalized spacial score (nSPS) is 11.5. The summed E-state index contributed by atoms with van der Waals surface area (Å²) in [6, 6.07) is 10.2. The molecule has 0 aliphatic heterocycles. The number of hydrogen-bond acceptors (Lipinski definition) is 3. The Morgan fingerprint density at radius 1 is 1.12 bits per heavy atom. The van der Waals surface area contributed by atoms with E-state index in [0.29, 0.717) is 18.8 Å². The predicted molar refractivity (Wildman–Crippen MR) is 72.1 cm³/mol. The summed E-state index contributed by atoms with van der Waals surface area (Å²) >= 11 is 0. The summed E-state index contributed by atoms with van der Waals surface area (Å²) in [5.41, 5.74) is 0.792. The largest absolute Gasteiger partial charge is 0.492 e. The summed E-state index contributed by atoms with van der Waals surface area (Å²) in [5.74, 6) is 0. The standard InChI is InChI=1S/C13H22BNO2/c1-11(2)15(12(3)4)10-17-14(16)13-8-6-5-7-9-13/h5-9,11-12,16H,10H2,1-4H3. The summed E-state index contributed by atoms with van der Waals surface area (Å²) in [4.78, 5) is 2.19. The lowest BCUT2D eigenvalue weighted by molar-refractivity contribution is 0.0587. The third-order valence-corrected chi connectivity index (χ3v) is 2.79. The molecule has 0 atom stereocenters. The van der Waals surface area contributed by atoms with Gasteiger partial charge < -0.3 is 9.68 Å². The Morgan fingerprint density at radius 2 is 1.65 bits per heavy atom. The van der Waals surface area contributed by atoms with Gasteiger partial charge in [0.1, 0.15) is 0 Å². The van der Waals surface area contributed by atoms with Gasteiger partial charge in [0.25, 0.3) is 0 Å². The van der Waals surface area contributed by atoms with Gasteiger partial charge in [-0.15, -0.1) is 0 Å². The van der Waals surface area contributed by atoms with Gasteiger partial charge in [0, 0.05) is 12.1 Å². The first-order chi connectivity index (χ1) is 8.02. The molecule has 0 saturated heterocycles. The van der Waals surface area contributed by atoms with E-state index in [1.54, 1.807) is 0 Å². The molecule has 0 heterocycles. The number of hydrogen-bond donors (Lipinski definition) is 1. The zero-order valence-electron chi connectivity index (χ0n) is 11.1. The van der Waals surface area contributed by atoms with Gasteiger partial charge in [-0.05, 0) is 33.2 Å². The summed E-state index contributed by atoms with van der Waals surface area (Å²) in [5, 5.41) is 9.88. The molecule has 4 heteroatoms. The minimum absolute atomic E-state index is 0.401. The molecule has 94 valence electrons. The molecule has 0 unspecified atom stereocenters. The molecule has 1 aromatic rings. The molecule has 0 radical (unpaired) electrons. The fourth-order valence-corrected chi connectivity index (χ4v) is 1.76. The van der Waals surface area contributed by atoms with Crippen molar-refractivity contribution in [1.82, 2.24) is 4.90 Å². The molecule has 0 spiro atoms. The van der Waals surface area contributed by atoms with Crippen LogP contribution in [0, 0.1) is 0 Å². The SMILES string of the molecule is CC(C)N(COB(O)c1ccccc1)C(C)C. The van der Waals surface area contributed by atoms with Crippen molar-refractivity contribution >= 4 is 12.6 Å². The van der Waals surface area contributed by atoms with Gasteiger partial charge in [-0.2, -0.15) is 0 Å². The Bertz CT molecular complexity index is 308. The van der Waals surface area contributed by atoms with Gasteiger partial charge in [0.15, 0.2) is 0 Å². The van der Waals surface area contributed by atoms with Gasteiger partial charge in [-0.1, -0.05) is 30.3 Å². The molecule has 0 aliphatic rings. The van der Waals surface area contributed by atoms with Crippen molar-refractivity contribution in [2.45, 2.75) is 39.8 Å². The van der Waals surface area contributed by atoms with Crippen LogP contribution in [0.4, 0.5) is 0 Å². The first kappa shape index (κ1) is 14.2. The van der Waals surface area contributed by atoms with Crippen molar-refractivity contribution in [3.8, 4) is 0 Å². The van der Waals surface area contributed by atoms with Gasteiger partial charge in [-0.3, -0.25) is 4.90 Å². The van der Waals surface area contributed by atoms with Crippen LogP contribution in [-0.4, -0.2) is 35.9 Å². The maximum atomic E-state index is 9.88. The zero-order chi connectivity index (χ0) is 12.8. The second-order valence-electron chi connectivity index (χ2n) is 4.76. The molecular formula is C13H22BNO2. The highest BCUT2D eigenvalue weighted by Gasteiger charge is 2.20. The smallest absolute Gasteiger partial charge is 0.423 e. The van der Waals surface area contributed by atoms with Crippen LogP contribution in [0.5, 0.6) is 0 Å². The van der Waals surface area contributed by atoms with Gasteiger partial charge in [0.2, 0.25) is 0 Å². The first-order valence-corrected chi connectivity index (χ1v) is 6.12. The Balaban J connectivity index is 2.50. The molecule has 0 aliphatic carbocycles. The van der Waals surface area contributed by atoms with Crippen LogP contribution in [0.2, 0.25) is 0 Å². The molecule has 17 heavy (non-hydrogen) atoms. The van der Waals surface area contributed by atoms with Gasteiger partial charge in [0.05, 0.1) is 6.73 Å². The van der Waals surface area contributed by atoms with E-state index in [-0.39, 0.29) is 0 Å². The second kappa shape index (κ2) is 6.79. The van der Waals surface area contributed by atoms with Crippen LogP contribution < -0.4 is 5.46 Å². The quantitative estimate of drug-likeness (QED) is 0.598. The molecule has 1 aromatic carbocycles. The third kappa shape index (κ3) is 4.50. The summed E-state index contributed by atoms with van der Waals surface area (Å²) < 4.78 is 5.49. The Hall–Kier alpha value is -0.835. The summed E-state index contributed by atoms with van der Waals surface area (Å²) in [6.07, 6.45) is 0. The fraction of sp³-hybridized carbons (Fsp3) is 0.538. The molecule has 0 saturated carbocycles. The highest BCUT2D eigenvalue weighted by Crippen LogP contribution is 2.04. The maximum absolute atomic E-state index is 9.88. The molecule has 3 nitrogen and oxygen atoms in total. The molecule has 1 rings (SSSR count). The third-order valence-electron chi connectivity index (χ3n) is 2.79. The van der Waals surface area contributed by atoms with Crippen LogP contribution in [0.25, 0.3) is 0 Å². The number of benzene rings is 1. The molecular weight excluding hydrogens is 213 g/mol. The van der Waals surface area contributed by atoms with Crippen molar-refractivity contribution in [3.63, 3.8) is 0 Å². The molecule has 0 fully saturated rings. The maximum Gasteiger partial charge on any atom is 0.492 e. The van der Waals surface area contributed by atoms with E-state index < -0.39 is 7.12 Å². The fourth-order valence-electron chi connectivity index (χ4n) is 1.76. The van der Waals surface area contributed by atoms with Crippen LogP contribution in [0.3, 0.4) is 0 Å². The van der Waals surface area contributed by atoms with E-state index in [9.17, 15) is 5.02 Å². The van der Waals surface area contributed by atoms with E-state index >= 15 is 0 Å². The van der Waals surface area contributed by atoms with Crippen LogP contribution >= 0.6 is 0 Å². The Morgan fingerprint density at radius 3 is 2.12 bits per heavy atom. The topological polar surface area (TPSA) is 32.7 Å². The predicted octanol–water partition coefficient (Wildman–Crippen LogP) is 1.47. The molecule has 0 amide bonds. The van der Waals surface area contributed by atoms with E-state index in [0.717, 1.165) is 5.46 Å².